The summed E-state index contributed by atoms with van der Waals surface area (Å²) in [5, 5.41) is 9.68. The lowest BCUT2D eigenvalue weighted by atomic mass is 10.00. The highest BCUT2D eigenvalue weighted by molar-refractivity contribution is 5.74. The summed E-state index contributed by atoms with van der Waals surface area (Å²) in [6, 6.07) is 3.16. The van der Waals surface area contributed by atoms with Gasteiger partial charge in [-0.05, 0) is 32.4 Å². The summed E-state index contributed by atoms with van der Waals surface area (Å²) in [6.07, 6.45) is 3.56. The number of aliphatic hydroxyl groups is 1. The minimum Gasteiger partial charge on any atom is -0.481 e. The topological polar surface area (TPSA) is 76.7 Å². The number of fused-ring (bicyclic) bond motifs is 1. The van der Waals surface area contributed by atoms with Gasteiger partial charge in [0.2, 0.25) is 0 Å². The minimum atomic E-state index is -0.801. The second kappa shape index (κ2) is 6.70. The normalized spacial score (nSPS) is 16.7. The van der Waals surface area contributed by atoms with E-state index in [1.54, 1.807) is 20.0 Å². The lowest BCUT2D eigenvalue weighted by Crippen LogP contribution is -2.22. The van der Waals surface area contributed by atoms with Crippen LogP contribution in [0.3, 0.4) is 0 Å². The lowest BCUT2D eigenvalue weighted by Gasteiger charge is -2.20. The third-order valence-corrected chi connectivity index (χ3v) is 4.89. The molecule has 6 nitrogen and oxygen atoms in total. The highest BCUT2D eigenvalue weighted by Gasteiger charge is 2.22. The van der Waals surface area contributed by atoms with E-state index in [0.717, 1.165) is 12.1 Å². The van der Waals surface area contributed by atoms with E-state index in [1.807, 2.05) is 0 Å². The first kappa shape index (κ1) is 18.1. The largest absolute Gasteiger partial charge is 0.481 e. The molecule has 1 atom stereocenters. The zero-order valence-corrected chi connectivity index (χ0v) is 15.2. The maximum absolute atomic E-state index is 14.5. The molecule has 0 radical (unpaired) electrons. The lowest BCUT2D eigenvalue weighted by molar-refractivity contribution is 0.0747. The van der Waals surface area contributed by atoms with Gasteiger partial charge in [-0.2, -0.15) is 0 Å². The number of nitrogens with zero attached hydrogens (tertiary/aromatic N) is 3. The van der Waals surface area contributed by atoms with Gasteiger partial charge in [-0.1, -0.05) is 0 Å². The second-order valence-corrected chi connectivity index (χ2v) is 6.71. The molecule has 4 rings (SSSR count). The molecule has 1 aliphatic heterocycles. The maximum Gasteiger partial charge on any atom is 0.273 e. The van der Waals surface area contributed by atoms with Crippen LogP contribution in [0.15, 0.2) is 41.2 Å². The number of rotatable bonds is 2. The fourth-order valence-corrected chi connectivity index (χ4v) is 3.22. The van der Waals surface area contributed by atoms with Crippen molar-refractivity contribution in [2.75, 3.05) is 6.61 Å². The van der Waals surface area contributed by atoms with Crippen LogP contribution in [0, 0.1) is 25.5 Å². The van der Waals surface area contributed by atoms with E-state index in [0.29, 0.717) is 23.4 Å². The highest BCUT2D eigenvalue weighted by atomic mass is 19.1. The van der Waals surface area contributed by atoms with Crippen LogP contribution in [0.4, 0.5) is 8.78 Å². The number of aliphatic hydroxyl groups excluding tert-OH is 1. The van der Waals surface area contributed by atoms with Crippen molar-refractivity contribution in [1.82, 2.24) is 14.4 Å². The average Bonchev–Trinajstić information content (AvgIpc) is 2.66. The van der Waals surface area contributed by atoms with Crippen molar-refractivity contribution in [2.24, 2.45) is 0 Å². The van der Waals surface area contributed by atoms with Gasteiger partial charge in [0, 0.05) is 41.1 Å². The number of ether oxygens (including phenoxy) is 1. The molecule has 0 saturated heterocycles. The Morgan fingerprint density at radius 3 is 2.75 bits per heavy atom. The van der Waals surface area contributed by atoms with Gasteiger partial charge in [0.05, 0.1) is 12.3 Å². The molecule has 0 spiro atoms. The SMILES string of the molecule is Cc1nc2c(-c3ccc(F)cc3F)nc(C3C=C(O)OCC3)cn2c(=O)c1C. The molecular formula is C20H17F2N3O3. The first-order chi connectivity index (χ1) is 13.3. The summed E-state index contributed by atoms with van der Waals surface area (Å²) < 4.78 is 34.3. The van der Waals surface area contributed by atoms with Crippen LogP contribution in [-0.4, -0.2) is 26.1 Å². The Kier molecular flexibility index (Phi) is 4.33. The van der Waals surface area contributed by atoms with Crippen molar-refractivity contribution < 1.29 is 18.6 Å². The Bertz CT molecular complexity index is 1190. The number of aryl methyl sites for hydroxylation is 1. The number of halogens is 2. The number of benzene rings is 1. The average molecular weight is 385 g/mol. The van der Waals surface area contributed by atoms with E-state index in [4.69, 9.17) is 4.74 Å². The molecule has 0 saturated carbocycles. The van der Waals surface area contributed by atoms with Crippen molar-refractivity contribution >= 4 is 5.65 Å². The van der Waals surface area contributed by atoms with Gasteiger partial charge in [0.25, 0.3) is 11.5 Å². The standard InChI is InChI=1S/C20H17F2N3O3/c1-10-11(2)23-19-18(14-4-3-13(21)8-15(14)22)24-16(9-25(19)20(10)27)12-5-6-28-17(26)7-12/h3-4,7-9,12,26H,5-6H2,1-2H3. The molecule has 0 amide bonds. The van der Waals surface area contributed by atoms with Gasteiger partial charge in [-0.15, -0.1) is 0 Å². The summed E-state index contributed by atoms with van der Waals surface area (Å²) in [5.74, 6) is -2.06. The van der Waals surface area contributed by atoms with Crippen molar-refractivity contribution in [3.8, 4) is 11.3 Å². The van der Waals surface area contributed by atoms with E-state index in [2.05, 4.69) is 9.97 Å². The number of aromatic nitrogens is 3. The summed E-state index contributed by atoms with van der Waals surface area (Å²) in [6.45, 7) is 3.64. The van der Waals surface area contributed by atoms with Crippen LogP contribution in [0.2, 0.25) is 0 Å². The molecule has 0 aliphatic carbocycles. The van der Waals surface area contributed by atoms with Gasteiger partial charge in [-0.3, -0.25) is 9.20 Å². The van der Waals surface area contributed by atoms with E-state index in [1.165, 1.54) is 16.5 Å². The molecule has 1 aliphatic rings. The molecule has 0 bridgehead atoms. The van der Waals surface area contributed by atoms with Crippen LogP contribution in [-0.2, 0) is 4.74 Å². The van der Waals surface area contributed by atoms with Crippen molar-refractivity contribution in [1.29, 1.82) is 0 Å². The Balaban J connectivity index is 2.06. The van der Waals surface area contributed by atoms with Gasteiger partial charge < -0.3 is 9.84 Å². The van der Waals surface area contributed by atoms with E-state index < -0.39 is 11.6 Å². The third-order valence-electron chi connectivity index (χ3n) is 4.89. The van der Waals surface area contributed by atoms with Gasteiger partial charge in [-0.25, -0.2) is 18.7 Å². The molecule has 8 heteroatoms. The van der Waals surface area contributed by atoms with Crippen LogP contribution >= 0.6 is 0 Å². The summed E-state index contributed by atoms with van der Waals surface area (Å²) in [4.78, 5) is 21.8. The molecule has 2 aromatic heterocycles. The van der Waals surface area contributed by atoms with Crippen LogP contribution in [0.1, 0.15) is 29.3 Å². The molecule has 144 valence electrons. The minimum absolute atomic E-state index is 0.0381. The Hall–Kier alpha value is -3.29. The highest BCUT2D eigenvalue weighted by Crippen LogP contribution is 2.30. The van der Waals surface area contributed by atoms with Crippen LogP contribution in [0.5, 0.6) is 0 Å². The second-order valence-electron chi connectivity index (χ2n) is 6.71. The number of hydrogen-bond acceptors (Lipinski definition) is 5. The monoisotopic (exact) mass is 385 g/mol. The van der Waals surface area contributed by atoms with Crippen molar-refractivity contribution in [2.45, 2.75) is 26.2 Å². The fraction of sp³-hybridized carbons (Fsp3) is 0.250. The maximum atomic E-state index is 14.5. The molecule has 1 N–H and O–H groups in total. The Morgan fingerprint density at radius 2 is 2.04 bits per heavy atom. The fourth-order valence-electron chi connectivity index (χ4n) is 3.22. The molecule has 3 heterocycles. The predicted molar refractivity (Wildman–Crippen MR) is 98.1 cm³/mol. The summed E-state index contributed by atoms with van der Waals surface area (Å²) >= 11 is 0. The summed E-state index contributed by atoms with van der Waals surface area (Å²) in [5.41, 5.74) is 1.48. The molecule has 0 fully saturated rings. The molecule has 1 unspecified atom stereocenters. The number of hydrogen-bond donors (Lipinski definition) is 1. The van der Waals surface area contributed by atoms with E-state index in [-0.39, 0.29) is 40.9 Å². The van der Waals surface area contributed by atoms with Crippen LogP contribution in [0.25, 0.3) is 16.9 Å². The van der Waals surface area contributed by atoms with Crippen molar-refractivity contribution in [3.05, 3.63) is 75.4 Å². The number of allylic oxidation sites excluding steroid dienone is 1. The van der Waals surface area contributed by atoms with Crippen molar-refractivity contribution in [3.63, 3.8) is 0 Å². The van der Waals surface area contributed by atoms with Gasteiger partial charge >= 0.3 is 0 Å². The van der Waals surface area contributed by atoms with Gasteiger partial charge in [0.1, 0.15) is 17.3 Å². The predicted octanol–water partition coefficient (Wildman–Crippen LogP) is 3.55. The quantitative estimate of drug-likeness (QED) is 0.730. The Morgan fingerprint density at radius 1 is 1.25 bits per heavy atom. The first-order valence-electron chi connectivity index (χ1n) is 8.74. The molecule has 1 aromatic carbocycles. The van der Waals surface area contributed by atoms with E-state index >= 15 is 0 Å². The molecule has 28 heavy (non-hydrogen) atoms. The summed E-state index contributed by atoms with van der Waals surface area (Å²) in [7, 11) is 0. The van der Waals surface area contributed by atoms with Gasteiger partial charge in [0.15, 0.2) is 5.65 Å². The van der Waals surface area contributed by atoms with E-state index in [9.17, 15) is 18.7 Å². The van der Waals surface area contributed by atoms with Crippen LogP contribution < -0.4 is 5.56 Å². The Labute approximate surface area is 158 Å². The zero-order valence-electron chi connectivity index (χ0n) is 15.2. The first-order valence-corrected chi connectivity index (χ1v) is 8.74. The smallest absolute Gasteiger partial charge is 0.273 e. The zero-order chi connectivity index (χ0) is 20.0. The molecule has 3 aromatic rings. The third kappa shape index (κ3) is 3.00. The molecular weight excluding hydrogens is 368 g/mol.